The molecule has 82 valence electrons. The van der Waals surface area contributed by atoms with E-state index in [1.165, 1.54) is 4.90 Å². The number of nitrogens with two attached hydrogens (primary N) is 1. The van der Waals surface area contributed by atoms with Gasteiger partial charge in [-0.3, -0.25) is 0 Å². The first-order chi connectivity index (χ1) is 7.00. The van der Waals surface area contributed by atoms with Gasteiger partial charge in [0.1, 0.15) is 0 Å². The number of amides is 1. The van der Waals surface area contributed by atoms with Crippen molar-refractivity contribution >= 4 is 11.8 Å². The number of hydrogen-bond acceptors (Lipinski definition) is 2. The van der Waals surface area contributed by atoms with Crippen LogP contribution >= 0.6 is 0 Å². The summed E-state index contributed by atoms with van der Waals surface area (Å²) < 4.78 is 0. The zero-order valence-corrected chi connectivity index (χ0v) is 8.97. The Morgan fingerprint density at radius 3 is 2.47 bits per heavy atom. The van der Waals surface area contributed by atoms with E-state index < -0.39 is 6.09 Å². The third-order valence-corrected chi connectivity index (χ3v) is 2.38. The Hall–Kier alpha value is -1.71. The molecular formula is C11H16N2O2. The van der Waals surface area contributed by atoms with Gasteiger partial charge in [0.05, 0.1) is 0 Å². The van der Waals surface area contributed by atoms with Crippen LogP contribution in [0.3, 0.4) is 0 Å². The predicted octanol–water partition coefficient (Wildman–Crippen LogP) is 1.98. The minimum atomic E-state index is -0.905. The Balaban J connectivity index is 2.64. The molecule has 0 aliphatic heterocycles. The smallest absolute Gasteiger partial charge is 0.407 e. The summed E-state index contributed by atoms with van der Waals surface area (Å²) >= 11 is 0. The summed E-state index contributed by atoms with van der Waals surface area (Å²) in [5.41, 5.74) is 7.39. The molecule has 0 heterocycles. The lowest BCUT2D eigenvalue weighted by molar-refractivity contribution is 0.154. The maximum Gasteiger partial charge on any atom is 0.407 e. The molecule has 1 atom stereocenters. The molecular weight excluding hydrogens is 192 g/mol. The molecule has 4 heteroatoms. The Bertz CT molecular complexity index is 335. The molecule has 1 aromatic rings. The van der Waals surface area contributed by atoms with E-state index in [-0.39, 0.29) is 5.92 Å². The first kappa shape index (κ1) is 11.4. The first-order valence-electron chi connectivity index (χ1n) is 4.80. The van der Waals surface area contributed by atoms with Crippen molar-refractivity contribution in [2.24, 2.45) is 0 Å². The molecule has 0 spiro atoms. The summed E-state index contributed by atoms with van der Waals surface area (Å²) in [5.74, 6) is 0.173. The van der Waals surface area contributed by atoms with Crippen molar-refractivity contribution in [3.05, 3.63) is 29.8 Å². The standard InChI is InChI=1S/C11H16N2O2/c1-8(7-13(2)11(14)15)9-3-5-10(12)6-4-9/h3-6,8H,7,12H2,1-2H3,(H,14,15). The fourth-order valence-corrected chi connectivity index (χ4v) is 1.42. The van der Waals surface area contributed by atoms with Crippen LogP contribution in [0.5, 0.6) is 0 Å². The van der Waals surface area contributed by atoms with Crippen LogP contribution in [0.15, 0.2) is 24.3 Å². The molecule has 0 radical (unpaired) electrons. The van der Waals surface area contributed by atoms with Crippen molar-refractivity contribution < 1.29 is 9.90 Å². The number of benzene rings is 1. The number of anilines is 1. The van der Waals surface area contributed by atoms with Crippen molar-refractivity contribution in [2.45, 2.75) is 12.8 Å². The first-order valence-corrected chi connectivity index (χ1v) is 4.80. The molecule has 1 rings (SSSR count). The number of nitrogens with zero attached hydrogens (tertiary/aromatic N) is 1. The molecule has 1 unspecified atom stereocenters. The summed E-state index contributed by atoms with van der Waals surface area (Å²) in [7, 11) is 1.57. The number of rotatable bonds is 3. The highest BCUT2D eigenvalue weighted by Crippen LogP contribution is 2.17. The zero-order chi connectivity index (χ0) is 11.4. The molecule has 0 aliphatic rings. The summed E-state index contributed by atoms with van der Waals surface area (Å²) in [6, 6.07) is 7.50. The summed E-state index contributed by atoms with van der Waals surface area (Å²) in [4.78, 5) is 11.9. The molecule has 0 fully saturated rings. The number of carbonyl (C=O) groups is 1. The van der Waals surface area contributed by atoms with E-state index in [2.05, 4.69) is 0 Å². The third-order valence-electron chi connectivity index (χ3n) is 2.38. The number of carboxylic acid groups (broad SMARTS) is 1. The lowest BCUT2D eigenvalue weighted by atomic mass is 10.0. The van der Waals surface area contributed by atoms with Gasteiger partial charge in [-0.2, -0.15) is 0 Å². The van der Waals surface area contributed by atoms with Gasteiger partial charge in [0.2, 0.25) is 0 Å². The number of likely N-dealkylation sites (N-methyl/N-ethyl adjacent to an activating group) is 1. The second-order valence-electron chi connectivity index (χ2n) is 3.73. The minimum absolute atomic E-state index is 0.173. The van der Waals surface area contributed by atoms with Crippen molar-refractivity contribution in [1.82, 2.24) is 4.90 Å². The second-order valence-corrected chi connectivity index (χ2v) is 3.73. The summed E-state index contributed by atoms with van der Waals surface area (Å²) in [5, 5.41) is 8.73. The fourth-order valence-electron chi connectivity index (χ4n) is 1.42. The van der Waals surface area contributed by atoms with Crippen LogP contribution in [-0.2, 0) is 0 Å². The van der Waals surface area contributed by atoms with Crippen LogP contribution in [0.1, 0.15) is 18.4 Å². The minimum Gasteiger partial charge on any atom is -0.465 e. The highest BCUT2D eigenvalue weighted by atomic mass is 16.4. The van der Waals surface area contributed by atoms with Gasteiger partial charge in [-0.05, 0) is 23.6 Å². The quantitative estimate of drug-likeness (QED) is 0.746. The van der Waals surface area contributed by atoms with Gasteiger partial charge in [-0.1, -0.05) is 19.1 Å². The van der Waals surface area contributed by atoms with Crippen LogP contribution in [0.4, 0.5) is 10.5 Å². The van der Waals surface area contributed by atoms with Gasteiger partial charge in [0.25, 0.3) is 0 Å². The van der Waals surface area contributed by atoms with Gasteiger partial charge in [0, 0.05) is 19.3 Å². The third kappa shape index (κ3) is 3.16. The van der Waals surface area contributed by atoms with Crippen molar-refractivity contribution in [1.29, 1.82) is 0 Å². The monoisotopic (exact) mass is 208 g/mol. The van der Waals surface area contributed by atoms with E-state index in [1.807, 2.05) is 31.2 Å². The molecule has 0 saturated carbocycles. The SMILES string of the molecule is CC(CN(C)C(=O)O)c1ccc(N)cc1. The topological polar surface area (TPSA) is 66.6 Å². The normalized spacial score (nSPS) is 12.1. The van der Waals surface area contributed by atoms with Crippen LogP contribution in [0.25, 0.3) is 0 Å². The highest BCUT2D eigenvalue weighted by Gasteiger charge is 2.11. The van der Waals surface area contributed by atoms with Crippen molar-refractivity contribution in [2.75, 3.05) is 19.3 Å². The molecule has 15 heavy (non-hydrogen) atoms. The lowest BCUT2D eigenvalue weighted by Gasteiger charge is -2.18. The Morgan fingerprint density at radius 1 is 1.47 bits per heavy atom. The summed E-state index contributed by atoms with van der Waals surface area (Å²) in [6.07, 6.45) is -0.905. The molecule has 4 nitrogen and oxygen atoms in total. The molecule has 1 aromatic carbocycles. The van der Waals surface area contributed by atoms with E-state index in [0.717, 1.165) is 11.3 Å². The molecule has 0 aliphatic carbocycles. The van der Waals surface area contributed by atoms with E-state index in [1.54, 1.807) is 7.05 Å². The fraction of sp³-hybridized carbons (Fsp3) is 0.364. The molecule has 0 aromatic heterocycles. The average Bonchev–Trinajstić information content (AvgIpc) is 2.18. The molecule has 0 saturated heterocycles. The van der Waals surface area contributed by atoms with E-state index >= 15 is 0 Å². The molecule has 1 amide bonds. The molecule has 0 bridgehead atoms. The van der Waals surface area contributed by atoms with Gasteiger partial charge < -0.3 is 15.7 Å². The van der Waals surface area contributed by atoms with E-state index in [4.69, 9.17) is 10.8 Å². The highest BCUT2D eigenvalue weighted by molar-refractivity contribution is 5.64. The van der Waals surface area contributed by atoms with E-state index in [9.17, 15) is 4.79 Å². The largest absolute Gasteiger partial charge is 0.465 e. The number of hydrogen-bond donors (Lipinski definition) is 2. The van der Waals surface area contributed by atoms with Crippen LogP contribution in [0.2, 0.25) is 0 Å². The van der Waals surface area contributed by atoms with Crippen molar-refractivity contribution in [3.63, 3.8) is 0 Å². The predicted molar refractivity (Wildman–Crippen MR) is 59.9 cm³/mol. The summed E-state index contributed by atoms with van der Waals surface area (Å²) in [6.45, 7) is 2.48. The van der Waals surface area contributed by atoms with Gasteiger partial charge in [-0.25, -0.2) is 4.79 Å². The van der Waals surface area contributed by atoms with Gasteiger partial charge in [-0.15, -0.1) is 0 Å². The Kier molecular flexibility index (Phi) is 3.55. The second kappa shape index (κ2) is 4.68. The van der Waals surface area contributed by atoms with Crippen LogP contribution in [-0.4, -0.2) is 29.7 Å². The average molecular weight is 208 g/mol. The Morgan fingerprint density at radius 2 is 2.00 bits per heavy atom. The van der Waals surface area contributed by atoms with Crippen LogP contribution in [0, 0.1) is 0 Å². The maximum absolute atomic E-state index is 10.6. The number of nitrogen functional groups attached to an aromatic ring is 1. The Labute approximate surface area is 89.3 Å². The van der Waals surface area contributed by atoms with Gasteiger partial charge >= 0.3 is 6.09 Å². The molecule has 3 N–H and O–H groups in total. The van der Waals surface area contributed by atoms with Gasteiger partial charge in [0.15, 0.2) is 0 Å². The van der Waals surface area contributed by atoms with Crippen LogP contribution < -0.4 is 5.73 Å². The van der Waals surface area contributed by atoms with E-state index in [0.29, 0.717) is 6.54 Å². The maximum atomic E-state index is 10.6. The lowest BCUT2D eigenvalue weighted by Crippen LogP contribution is -2.28. The zero-order valence-electron chi connectivity index (χ0n) is 8.97. The van der Waals surface area contributed by atoms with Crippen molar-refractivity contribution in [3.8, 4) is 0 Å².